The molecule has 1 saturated heterocycles. The predicted molar refractivity (Wildman–Crippen MR) is 62.3 cm³/mol. The number of hydrogen-bond acceptors (Lipinski definition) is 1. The summed E-state index contributed by atoms with van der Waals surface area (Å²) in [5.74, 6) is 0. The summed E-state index contributed by atoms with van der Waals surface area (Å²) in [6.45, 7) is 4.14. The van der Waals surface area contributed by atoms with Crippen molar-refractivity contribution in [3.63, 3.8) is 0 Å². The zero-order valence-corrected chi connectivity index (χ0v) is 14.2. The fourth-order valence-corrected chi connectivity index (χ4v) is 2.00. The summed E-state index contributed by atoms with van der Waals surface area (Å²) in [7, 11) is 0. The standard InChI is InChI=1S/C11H20BF3N.K/c1-4-11(3)5-7-16(8-6-11)9-10(2)12(13,14)15;/h2,4-9H2,1,3H3;/q-1;+1. The molecule has 1 aliphatic rings. The molecule has 6 heteroatoms. The predicted octanol–water partition coefficient (Wildman–Crippen LogP) is 0.445. The van der Waals surface area contributed by atoms with Crippen LogP contribution in [0.5, 0.6) is 0 Å². The van der Waals surface area contributed by atoms with Gasteiger partial charge in [0.2, 0.25) is 0 Å². The summed E-state index contributed by atoms with van der Waals surface area (Å²) in [5.41, 5.74) is -0.249. The first-order valence-corrected chi connectivity index (χ1v) is 5.87. The third kappa shape index (κ3) is 5.78. The molecule has 0 aromatic rings. The molecule has 0 N–H and O–H groups in total. The monoisotopic (exact) mass is 273 g/mol. The maximum Gasteiger partial charge on any atom is 1.00 e. The van der Waals surface area contributed by atoms with E-state index in [1.807, 2.05) is 4.90 Å². The molecule has 0 saturated carbocycles. The van der Waals surface area contributed by atoms with Crippen molar-refractivity contribution >= 4 is 6.98 Å². The van der Waals surface area contributed by atoms with Crippen LogP contribution in [0.1, 0.15) is 33.1 Å². The Bertz CT molecular complexity index is 260. The van der Waals surface area contributed by atoms with Crippen molar-refractivity contribution in [1.82, 2.24) is 4.90 Å². The second-order valence-electron chi connectivity index (χ2n) is 5.17. The fourth-order valence-electron chi connectivity index (χ4n) is 2.00. The van der Waals surface area contributed by atoms with Crippen LogP contribution in [0.25, 0.3) is 0 Å². The summed E-state index contributed by atoms with van der Waals surface area (Å²) in [4.78, 5) is 1.87. The molecule has 1 heterocycles. The van der Waals surface area contributed by atoms with Gasteiger partial charge in [-0.1, -0.05) is 20.3 Å². The van der Waals surface area contributed by atoms with E-state index in [9.17, 15) is 12.9 Å². The molecule has 1 rings (SSSR count). The molecule has 1 fully saturated rings. The van der Waals surface area contributed by atoms with Gasteiger partial charge in [-0.3, -0.25) is 0 Å². The van der Waals surface area contributed by atoms with Gasteiger partial charge < -0.3 is 17.8 Å². The molecule has 0 aliphatic carbocycles. The van der Waals surface area contributed by atoms with Crippen LogP contribution in [-0.2, 0) is 0 Å². The van der Waals surface area contributed by atoms with Crippen molar-refractivity contribution in [2.24, 2.45) is 5.41 Å². The van der Waals surface area contributed by atoms with Crippen molar-refractivity contribution in [1.29, 1.82) is 0 Å². The molecule has 1 aliphatic heterocycles. The minimum atomic E-state index is -4.87. The first kappa shape index (κ1) is 18.2. The van der Waals surface area contributed by atoms with E-state index in [-0.39, 0.29) is 57.9 Å². The molecule has 0 atom stereocenters. The molecule has 0 aromatic carbocycles. The SMILES string of the molecule is C=C(CN1CCC(C)(CC)CC1)[B-](F)(F)F.[K+]. The summed E-state index contributed by atoms with van der Waals surface area (Å²) in [6, 6.07) is 0. The minimum absolute atomic E-state index is 0. The van der Waals surface area contributed by atoms with Crippen LogP contribution in [-0.4, -0.2) is 31.5 Å². The number of nitrogens with zero attached hydrogens (tertiary/aromatic N) is 1. The third-order valence-electron chi connectivity index (χ3n) is 3.81. The zero-order chi connectivity index (χ0) is 12.4. The third-order valence-corrected chi connectivity index (χ3v) is 3.81. The smallest absolute Gasteiger partial charge is 0.445 e. The van der Waals surface area contributed by atoms with Gasteiger partial charge in [-0.25, -0.2) is 0 Å². The normalized spacial score (nSPS) is 20.8. The van der Waals surface area contributed by atoms with Gasteiger partial charge in [-0.15, -0.1) is 12.1 Å². The van der Waals surface area contributed by atoms with Gasteiger partial charge in [-0.05, 0) is 37.9 Å². The second-order valence-corrected chi connectivity index (χ2v) is 5.17. The fraction of sp³-hybridized carbons (Fsp3) is 0.818. The molecule has 0 amide bonds. The van der Waals surface area contributed by atoms with E-state index in [1.54, 1.807) is 0 Å². The number of hydrogen-bond donors (Lipinski definition) is 0. The molecule has 0 bridgehead atoms. The average molecular weight is 273 g/mol. The van der Waals surface area contributed by atoms with Gasteiger partial charge in [0.05, 0.1) is 0 Å². The van der Waals surface area contributed by atoms with Crippen LogP contribution in [0.2, 0.25) is 0 Å². The summed E-state index contributed by atoms with van der Waals surface area (Å²) < 4.78 is 37.1. The maximum absolute atomic E-state index is 12.4. The van der Waals surface area contributed by atoms with E-state index >= 15 is 0 Å². The van der Waals surface area contributed by atoms with Gasteiger partial charge in [-0.2, -0.15) is 0 Å². The molecule has 0 radical (unpaired) electrons. The van der Waals surface area contributed by atoms with E-state index in [0.29, 0.717) is 5.41 Å². The minimum Gasteiger partial charge on any atom is -0.445 e. The van der Waals surface area contributed by atoms with Crippen LogP contribution in [0.4, 0.5) is 12.9 Å². The van der Waals surface area contributed by atoms with Crippen LogP contribution in [0.3, 0.4) is 0 Å². The largest absolute Gasteiger partial charge is 1.00 e. The first-order valence-electron chi connectivity index (χ1n) is 5.87. The Morgan fingerprint density at radius 2 is 1.76 bits per heavy atom. The Morgan fingerprint density at radius 3 is 2.12 bits per heavy atom. The molecule has 0 unspecified atom stereocenters. The van der Waals surface area contributed by atoms with Crippen molar-refractivity contribution in [2.45, 2.75) is 33.1 Å². The van der Waals surface area contributed by atoms with Crippen LogP contribution < -0.4 is 51.4 Å². The molecule has 94 valence electrons. The molecule has 0 spiro atoms. The van der Waals surface area contributed by atoms with Crippen molar-refractivity contribution in [3.05, 3.63) is 12.1 Å². The molecular formula is C11H20BF3KN. The zero-order valence-electron chi connectivity index (χ0n) is 11.1. The Balaban J connectivity index is 0.00000256. The second kappa shape index (κ2) is 7.10. The van der Waals surface area contributed by atoms with E-state index in [0.717, 1.165) is 32.4 Å². The Kier molecular flexibility index (Phi) is 7.60. The van der Waals surface area contributed by atoms with Gasteiger partial charge in [0.1, 0.15) is 0 Å². The number of piperidine rings is 1. The van der Waals surface area contributed by atoms with E-state index < -0.39 is 12.4 Å². The van der Waals surface area contributed by atoms with E-state index in [4.69, 9.17) is 0 Å². The van der Waals surface area contributed by atoms with Gasteiger partial charge in [0.15, 0.2) is 0 Å². The van der Waals surface area contributed by atoms with Crippen LogP contribution in [0.15, 0.2) is 12.1 Å². The van der Waals surface area contributed by atoms with Crippen molar-refractivity contribution in [3.8, 4) is 0 Å². The van der Waals surface area contributed by atoms with Gasteiger partial charge in [0.25, 0.3) is 0 Å². The van der Waals surface area contributed by atoms with Gasteiger partial charge >= 0.3 is 58.4 Å². The van der Waals surface area contributed by atoms with Gasteiger partial charge in [0, 0.05) is 0 Å². The molecule has 1 nitrogen and oxygen atoms in total. The number of halogens is 3. The van der Waals surface area contributed by atoms with Crippen molar-refractivity contribution < 1.29 is 64.3 Å². The van der Waals surface area contributed by atoms with E-state index in [2.05, 4.69) is 20.4 Å². The molecular weight excluding hydrogens is 253 g/mol. The Morgan fingerprint density at radius 1 is 1.29 bits per heavy atom. The molecule has 17 heavy (non-hydrogen) atoms. The topological polar surface area (TPSA) is 3.24 Å². The van der Waals surface area contributed by atoms with Crippen LogP contribution >= 0.6 is 0 Å². The summed E-state index contributed by atoms with van der Waals surface area (Å²) in [5, 5.41) is 0. The Labute approximate surface area is 145 Å². The first-order chi connectivity index (χ1) is 7.27. The number of rotatable bonds is 4. The van der Waals surface area contributed by atoms with E-state index in [1.165, 1.54) is 0 Å². The molecule has 0 aromatic heterocycles. The van der Waals surface area contributed by atoms with Crippen molar-refractivity contribution in [2.75, 3.05) is 19.6 Å². The maximum atomic E-state index is 12.4. The number of likely N-dealkylation sites (tertiary alicyclic amines) is 1. The average Bonchev–Trinajstić information content (AvgIpc) is 2.20. The Hall–Kier alpha value is 1.19. The van der Waals surface area contributed by atoms with Crippen LogP contribution in [0, 0.1) is 5.41 Å². The quantitative estimate of drug-likeness (QED) is 0.672. The summed E-state index contributed by atoms with van der Waals surface area (Å²) >= 11 is 0. The summed E-state index contributed by atoms with van der Waals surface area (Å²) in [6.07, 6.45) is 3.08.